The van der Waals surface area contributed by atoms with Crippen molar-refractivity contribution < 1.29 is 14.3 Å². The standard InChI is InChI=1S/C34H41Cl2FN4O2S/c1-2-44-32-20-27(37)5-3-25(32)22-40-15-17-41(18-16-40)34(43)33(38)23-9-12-39(13-10-23)14-11-24-19-26(35)4-7-29(24)30-21-28(42)6-8-31(30)36/h3-8,19-21,23,33,42H,2,9-18,22,38H2,1H3. The van der Waals surface area contributed by atoms with E-state index < -0.39 is 6.04 Å². The van der Waals surface area contributed by atoms with Crippen LogP contribution in [0.15, 0.2) is 59.5 Å². The predicted octanol–water partition coefficient (Wildman–Crippen LogP) is 6.54. The molecule has 3 N–H and O–H groups in total. The number of likely N-dealkylation sites (tertiary alicyclic amines) is 1. The maximum absolute atomic E-state index is 13.8. The van der Waals surface area contributed by atoms with E-state index in [1.165, 1.54) is 6.07 Å². The van der Waals surface area contributed by atoms with Crippen molar-refractivity contribution >= 4 is 40.9 Å². The van der Waals surface area contributed by atoms with E-state index in [1.807, 2.05) is 29.2 Å². The second-order valence-corrected chi connectivity index (χ2v) is 13.9. The maximum atomic E-state index is 13.8. The van der Waals surface area contributed by atoms with Crippen LogP contribution in [-0.4, -0.2) is 83.3 Å². The first-order valence-corrected chi connectivity index (χ1v) is 17.1. The summed E-state index contributed by atoms with van der Waals surface area (Å²) in [5.74, 6) is 1.08. The fourth-order valence-corrected chi connectivity index (χ4v) is 7.53. The Hall–Kier alpha value is -2.33. The number of piperazine rings is 1. The van der Waals surface area contributed by atoms with Crippen molar-refractivity contribution in [3.63, 3.8) is 0 Å². The number of phenolic OH excluding ortho intramolecular Hbond substituents is 1. The van der Waals surface area contributed by atoms with Crippen LogP contribution < -0.4 is 5.73 Å². The molecule has 1 amide bonds. The molecule has 2 fully saturated rings. The van der Waals surface area contributed by atoms with Crippen molar-refractivity contribution in [2.24, 2.45) is 11.7 Å². The molecule has 2 aliphatic heterocycles. The molecule has 1 unspecified atom stereocenters. The van der Waals surface area contributed by atoms with Gasteiger partial charge in [0.25, 0.3) is 0 Å². The van der Waals surface area contributed by atoms with E-state index in [0.29, 0.717) is 23.1 Å². The number of carbonyl (C=O) groups is 1. The molecule has 0 saturated carbocycles. The Kier molecular flexibility index (Phi) is 11.5. The lowest BCUT2D eigenvalue weighted by atomic mass is 9.88. The van der Waals surface area contributed by atoms with Crippen molar-refractivity contribution in [2.75, 3.05) is 51.6 Å². The molecular weight excluding hydrogens is 618 g/mol. The second kappa shape index (κ2) is 15.3. The number of amides is 1. The summed E-state index contributed by atoms with van der Waals surface area (Å²) in [6.45, 7) is 8.34. The van der Waals surface area contributed by atoms with Crippen LogP contribution in [-0.2, 0) is 17.8 Å². The molecule has 0 radical (unpaired) electrons. The minimum absolute atomic E-state index is 0.0543. The van der Waals surface area contributed by atoms with E-state index in [1.54, 1.807) is 36.0 Å². The number of piperidine rings is 1. The molecule has 0 bridgehead atoms. The number of halogens is 3. The maximum Gasteiger partial charge on any atom is 0.239 e. The fourth-order valence-electron chi connectivity index (χ4n) is 6.29. The smallest absolute Gasteiger partial charge is 0.239 e. The van der Waals surface area contributed by atoms with E-state index in [4.69, 9.17) is 28.9 Å². The van der Waals surface area contributed by atoms with Crippen LogP contribution in [0.1, 0.15) is 30.9 Å². The van der Waals surface area contributed by atoms with Crippen LogP contribution in [0.3, 0.4) is 0 Å². The molecule has 6 nitrogen and oxygen atoms in total. The summed E-state index contributed by atoms with van der Waals surface area (Å²) in [4.78, 5) is 21.0. The summed E-state index contributed by atoms with van der Waals surface area (Å²) in [6.07, 6.45) is 2.56. The topological polar surface area (TPSA) is 73.0 Å². The Morgan fingerprint density at radius 2 is 1.70 bits per heavy atom. The molecular formula is C34H41Cl2FN4O2S. The van der Waals surface area contributed by atoms with Crippen LogP contribution in [0.4, 0.5) is 4.39 Å². The summed E-state index contributed by atoms with van der Waals surface area (Å²) in [5.41, 5.74) is 10.6. The van der Waals surface area contributed by atoms with Gasteiger partial charge in [0.15, 0.2) is 0 Å². The van der Waals surface area contributed by atoms with Crippen molar-refractivity contribution in [1.29, 1.82) is 0 Å². The molecule has 2 saturated heterocycles. The van der Waals surface area contributed by atoms with Crippen molar-refractivity contribution in [3.8, 4) is 16.9 Å². The molecule has 0 aliphatic carbocycles. The Bertz CT molecular complexity index is 1440. The van der Waals surface area contributed by atoms with E-state index in [2.05, 4.69) is 16.7 Å². The van der Waals surface area contributed by atoms with Gasteiger partial charge in [-0.25, -0.2) is 4.39 Å². The first kappa shape index (κ1) is 33.0. The number of nitrogens with zero attached hydrogens (tertiary/aromatic N) is 3. The largest absolute Gasteiger partial charge is 0.508 e. The molecule has 0 aromatic heterocycles. The number of carbonyl (C=O) groups excluding carboxylic acids is 1. The molecule has 44 heavy (non-hydrogen) atoms. The second-order valence-electron chi connectivity index (χ2n) is 11.7. The molecule has 10 heteroatoms. The first-order chi connectivity index (χ1) is 21.2. The lowest BCUT2D eigenvalue weighted by molar-refractivity contribution is -0.136. The summed E-state index contributed by atoms with van der Waals surface area (Å²) >= 11 is 14.5. The Morgan fingerprint density at radius 1 is 0.955 bits per heavy atom. The number of hydrogen-bond donors (Lipinski definition) is 2. The highest BCUT2D eigenvalue weighted by atomic mass is 35.5. The molecule has 3 aromatic carbocycles. The minimum atomic E-state index is -0.485. The first-order valence-electron chi connectivity index (χ1n) is 15.4. The molecule has 236 valence electrons. The Morgan fingerprint density at radius 3 is 2.43 bits per heavy atom. The van der Waals surface area contributed by atoms with Gasteiger partial charge in [0, 0.05) is 59.8 Å². The number of phenols is 1. The SMILES string of the molecule is CCSc1cc(F)ccc1CN1CCN(C(=O)C(N)C2CCN(CCc3cc(Cl)ccc3-c3cc(O)ccc3Cl)CC2)CC1. The number of thioether (sulfide) groups is 1. The van der Waals surface area contributed by atoms with Gasteiger partial charge in [-0.2, -0.15) is 0 Å². The third-order valence-electron chi connectivity index (χ3n) is 8.84. The average Bonchev–Trinajstić information content (AvgIpc) is 3.03. The van der Waals surface area contributed by atoms with Crippen LogP contribution in [0.25, 0.3) is 11.1 Å². The highest BCUT2D eigenvalue weighted by molar-refractivity contribution is 7.99. The summed E-state index contributed by atoms with van der Waals surface area (Å²) < 4.78 is 13.8. The Labute approximate surface area is 274 Å². The number of aromatic hydroxyl groups is 1. The number of hydrogen-bond acceptors (Lipinski definition) is 6. The van der Waals surface area contributed by atoms with Crippen LogP contribution in [0.5, 0.6) is 5.75 Å². The third-order valence-corrected chi connectivity index (χ3v) is 10.4. The quantitative estimate of drug-likeness (QED) is 0.241. The van der Waals surface area contributed by atoms with Gasteiger partial charge in [-0.3, -0.25) is 9.69 Å². The van der Waals surface area contributed by atoms with Crippen LogP contribution in [0.2, 0.25) is 10.0 Å². The van der Waals surface area contributed by atoms with E-state index in [-0.39, 0.29) is 23.4 Å². The molecule has 1 atom stereocenters. The third kappa shape index (κ3) is 8.27. The van der Waals surface area contributed by atoms with Crippen molar-refractivity contribution in [2.45, 2.75) is 43.7 Å². The van der Waals surface area contributed by atoms with Gasteiger partial charge in [-0.05, 0) is 103 Å². The van der Waals surface area contributed by atoms with Crippen LogP contribution in [0, 0.1) is 11.7 Å². The van der Waals surface area contributed by atoms with Crippen molar-refractivity contribution in [3.05, 3.63) is 81.6 Å². The van der Waals surface area contributed by atoms with Gasteiger partial charge in [0.05, 0.1) is 6.04 Å². The van der Waals surface area contributed by atoms with Gasteiger partial charge in [-0.15, -0.1) is 11.8 Å². The molecule has 0 spiro atoms. The van der Waals surface area contributed by atoms with Gasteiger partial charge in [0.1, 0.15) is 11.6 Å². The zero-order valence-corrected chi connectivity index (χ0v) is 27.5. The molecule has 2 aliphatic rings. The number of nitrogens with two attached hydrogens (primary N) is 1. The highest BCUT2D eigenvalue weighted by Gasteiger charge is 2.33. The lowest BCUT2D eigenvalue weighted by Gasteiger charge is -2.39. The summed E-state index contributed by atoms with van der Waals surface area (Å²) in [5, 5.41) is 11.3. The van der Waals surface area contributed by atoms with E-state index >= 15 is 0 Å². The summed E-state index contributed by atoms with van der Waals surface area (Å²) in [6, 6.07) is 15.3. The minimum Gasteiger partial charge on any atom is -0.508 e. The fraction of sp³-hybridized carbons (Fsp3) is 0.441. The monoisotopic (exact) mass is 658 g/mol. The highest BCUT2D eigenvalue weighted by Crippen LogP contribution is 2.35. The molecule has 2 heterocycles. The zero-order valence-electron chi connectivity index (χ0n) is 25.2. The van der Waals surface area contributed by atoms with Crippen LogP contribution >= 0.6 is 35.0 Å². The zero-order chi connectivity index (χ0) is 31.2. The molecule has 5 rings (SSSR count). The normalized spacial score (nSPS) is 17.6. The average molecular weight is 660 g/mol. The Balaban J connectivity index is 1.09. The van der Waals surface area contributed by atoms with E-state index in [9.17, 15) is 14.3 Å². The molecule has 3 aromatic rings. The van der Waals surface area contributed by atoms with E-state index in [0.717, 1.165) is 91.4 Å². The predicted molar refractivity (Wildman–Crippen MR) is 179 cm³/mol. The number of benzene rings is 3. The van der Waals surface area contributed by atoms with Gasteiger partial charge in [-0.1, -0.05) is 42.3 Å². The lowest BCUT2D eigenvalue weighted by Crippen LogP contribution is -2.55. The van der Waals surface area contributed by atoms with Crippen molar-refractivity contribution in [1.82, 2.24) is 14.7 Å². The summed E-state index contributed by atoms with van der Waals surface area (Å²) in [7, 11) is 0. The van der Waals surface area contributed by atoms with Gasteiger partial charge < -0.3 is 20.6 Å². The number of rotatable bonds is 10. The van der Waals surface area contributed by atoms with Gasteiger partial charge in [0.2, 0.25) is 5.91 Å². The van der Waals surface area contributed by atoms with Gasteiger partial charge >= 0.3 is 0 Å².